The third-order valence-corrected chi connectivity index (χ3v) is 4.67. The molecule has 2 aliphatic rings. The van der Waals surface area contributed by atoms with E-state index in [9.17, 15) is 19.2 Å². The van der Waals surface area contributed by atoms with Crippen LogP contribution in [0.25, 0.3) is 0 Å². The molecule has 1 aromatic carbocycles. The zero-order valence-corrected chi connectivity index (χ0v) is 15.5. The topological polar surface area (TPSA) is 102 Å². The average Bonchev–Trinajstić information content (AvgIpc) is 3.31. The molecule has 2 amide bonds. The SMILES string of the molecule is COC(=O)C(CC(C(=O)OC)N1C(=O)c2ccccc2C1=O)NC1=CCC=C1. The number of ether oxygens (including phenoxy) is 2. The zero-order valence-electron chi connectivity index (χ0n) is 15.5. The van der Waals surface area contributed by atoms with Gasteiger partial charge in [0.2, 0.25) is 0 Å². The highest BCUT2D eigenvalue weighted by Crippen LogP contribution is 2.27. The lowest BCUT2D eigenvalue weighted by Gasteiger charge is -2.27. The normalized spacial score (nSPS) is 17.1. The molecule has 1 aromatic rings. The van der Waals surface area contributed by atoms with Gasteiger partial charge >= 0.3 is 11.9 Å². The van der Waals surface area contributed by atoms with E-state index in [-0.39, 0.29) is 17.5 Å². The fourth-order valence-corrected chi connectivity index (χ4v) is 3.28. The second-order valence-corrected chi connectivity index (χ2v) is 6.32. The molecule has 0 fully saturated rings. The van der Waals surface area contributed by atoms with E-state index >= 15 is 0 Å². The maximum Gasteiger partial charge on any atom is 0.329 e. The van der Waals surface area contributed by atoms with Gasteiger partial charge in [-0.05, 0) is 24.6 Å². The number of nitrogens with zero attached hydrogens (tertiary/aromatic N) is 1. The molecule has 0 aromatic heterocycles. The van der Waals surface area contributed by atoms with Crippen LogP contribution in [-0.2, 0) is 19.1 Å². The Hall–Kier alpha value is -3.42. The third-order valence-electron chi connectivity index (χ3n) is 4.67. The molecule has 1 aliphatic carbocycles. The average molecular weight is 384 g/mol. The van der Waals surface area contributed by atoms with E-state index in [1.54, 1.807) is 18.2 Å². The number of esters is 2. The number of imide groups is 1. The number of nitrogens with one attached hydrogen (secondary N) is 1. The molecule has 1 aliphatic heterocycles. The van der Waals surface area contributed by atoms with E-state index in [1.165, 1.54) is 19.2 Å². The van der Waals surface area contributed by atoms with E-state index in [4.69, 9.17) is 9.47 Å². The van der Waals surface area contributed by atoms with Crippen LogP contribution >= 0.6 is 0 Å². The number of rotatable bonds is 7. The van der Waals surface area contributed by atoms with Crippen LogP contribution in [0, 0.1) is 0 Å². The van der Waals surface area contributed by atoms with Gasteiger partial charge in [-0.3, -0.25) is 14.5 Å². The van der Waals surface area contributed by atoms with Crippen molar-refractivity contribution in [1.29, 1.82) is 0 Å². The molecule has 0 bridgehead atoms. The van der Waals surface area contributed by atoms with Gasteiger partial charge in [-0.15, -0.1) is 0 Å². The van der Waals surface area contributed by atoms with Gasteiger partial charge in [0.05, 0.1) is 25.3 Å². The Morgan fingerprint density at radius 3 is 2.18 bits per heavy atom. The molecule has 0 spiro atoms. The second kappa shape index (κ2) is 8.08. The molecular weight excluding hydrogens is 364 g/mol. The number of hydrogen-bond donors (Lipinski definition) is 1. The van der Waals surface area contributed by atoms with Crippen LogP contribution in [-0.4, -0.2) is 55.0 Å². The third kappa shape index (κ3) is 3.53. The molecule has 2 atom stereocenters. The Morgan fingerprint density at radius 1 is 1.07 bits per heavy atom. The second-order valence-electron chi connectivity index (χ2n) is 6.32. The molecule has 0 radical (unpaired) electrons. The first-order chi connectivity index (χ1) is 13.5. The molecule has 146 valence electrons. The lowest BCUT2D eigenvalue weighted by molar-refractivity contribution is -0.147. The summed E-state index contributed by atoms with van der Waals surface area (Å²) in [4.78, 5) is 51.1. The Morgan fingerprint density at radius 2 is 1.68 bits per heavy atom. The summed E-state index contributed by atoms with van der Waals surface area (Å²) in [5.74, 6) is -2.60. The van der Waals surface area contributed by atoms with E-state index in [0.717, 1.165) is 18.4 Å². The standard InChI is InChI=1S/C20H20N2O6/c1-27-19(25)15(21-12-7-3-4-8-12)11-16(20(26)28-2)22-17(23)13-9-5-6-10-14(13)18(22)24/h3,5-10,15-16,21H,4,11H2,1-2H3. The minimum atomic E-state index is -1.28. The fourth-order valence-electron chi connectivity index (χ4n) is 3.28. The van der Waals surface area contributed by atoms with Gasteiger partial charge in [0.1, 0.15) is 12.1 Å². The fraction of sp³-hybridized carbons (Fsp3) is 0.300. The van der Waals surface area contributed by atoms with E-state index in [0.29, 0.717) is 5.70 Å². The molecule has 1 N–H and O–H groups in total. The van der Waals surface area contributed by atoms with E-state index in [2.05, 4.69) is 5.32 Å². The van der Waals surface area contributed by atoms with Crippen molar-refractivity contribution >= 4 is 23.8 Å². The predicted octanol–water partition coefficient (Wildman–Crippen LogP) is 1.19. The van der Waals surface area contributed by atoms with Gasteiger partial charge in [0.15, 0.2) is 0 Å². The first-order valence-electron chi connectivity index (χ1n) is 8.73. The highest BCUT2D eigenvalue weighted by atomic mass is 16.5. The van der Waals surface area contributed by atoms with Gasteiger partial charge in [-0.25, -0.2) is 9.59 Å². The molecule has 8 heteroatoms. The number of allylic oxidation sites excluding steroid dienone is 3. The first kappa shape index (κ1) is 19.3. The van der Waals surface area contributed by atoms with Crippen molar-refractivity contribution in [3.63, 3.8) is 0 Å². The number of hydrogen-bond acceptors (Lipinski definition) is 7. The van der Waals surface area contributed by atoms with Crippen LogP contribution in [0.3, 0.4) is 0 Å². The van der Waals surface area contributed by atoms with Gasteiger partial charge in [0.25, 0.3) is 11.8 Å². The van der Waals surface area contributed by atoms with Crippen LogP contribution in [0.2, 0.25) is 0 Å². The highest BCUT2D eigenvalue weighted by molar-refractivity contribution is 6.22. The van der Waals surface area contributed by atoms with Gasteiger partial charge < -0.3 is 14.8 Å². The van der Waals surface area contributed by atoms with E-state index in [1.807, 2.05) is 12.2 Å². The van der Waals surface area contributed by atoms with Crippen molar-refractivity contribution in [2.75, 3.05) is 14.2 Å². The Labute approximate surface area is 161 Å². The molecule has 0 saturated carbocycles. The predicted molar refractivity (Wildman–Crippen MR) is 98.1 cm³/mol. The molecule has 0 saturated heterocycles. The minimum absolute atomic E-state index is 0.185. The molecule has 1 heterocycles. The van der Waals surface area contributed by atoms with Crippen molar-refractivity contribution in [1.82, 2.24) is 10.2 Å². The van der Waals surface area contributed by atoms with Crippen LogP contribution in [0.5, 0.6) is 0 Å². The minimum Gasteiger partial charge on any atom is -0.467 e. The smallest absolute Gasteiger partial charge is 0.329 e. The lowest BCUT2D eigenvalue weighted by atomic mass is 10.0. The quantitative estimate of drug-likeness (QED) is 0.556. The summed E-state index contributed by atoms with van der Waals surface area (Å²) in [6.45, 7) is 0. The Bertz CT molecular complexity index is 853. The summed E-state index contributed by atoms with van der Waals surface area (Å²) in [5.41, 5.74) is 1.12. The van der Waals surface area contributed by atoms with Gasteiger partial charge in [-0.2, -0.15) is 0 Å². The van der Waals surface area contributed by atoms with E-state index < -0.39 is 35.8 Å². The van der Waals surface area contributed by atoms with Crippen molar-refractivity contribution in [3.05, 3.63) is 59.3 Å². The van der Waals surface area contributed by atoms with Crippen LogP contribution in [0.4, 0.5) is 0 Å². The van der Waals surface area contributed by atoms with Crippen LogP contribution in [0.1, 0.15) is 33.6 Å². The molecule has 8 nitrogen and oxygen atoms in total. The van der Waals surface area contributed by atoms with Crippen molar-refractivity contribution in [2.24, 2.45) is 0 Å². The Kier molecular flexibility index (Phi) is 5.58. The zero-order chi connectivity index (χ0) is 20.3. The number of carbonyl (C=O) groups excluding carboxylic acids is 4. The van der Waals surface area contributed by atoms with Crippen molar-refractivity contribution in [3.8, 4) is 0 Å². The van der Waals surface area contributed by atoms with Gasteiger partial charge in [-0.1, -0.05) is 24.3 Å². The summed E-state index contributed by atoms with van der Waals surface area (Å²) in [6.07, 6.45) is 6.10. The lowest BCUT2D eigenvalue weighted by Crippen LogP contribution is -2.50. The highest BCUT2D eigenvalue weighted by Gasteiger charge is 2.45. The number of carbonyl (C=O) groups is 4. The first-order valence-corrected chi connectivity index (χ1v) is 8.73. The number of methoxy groups -OCH3 is 2. The molecule has 3 rings (SSSR count). The number of fused-ring (bicyclic) bond motifs is 1. The monoisotopic (exact) mass is 384 g/mol. The maximum atomic E-state index is 12.8. The largest absolute Gasteiger partial charge is 0.467 e. The summed E-state index contributed by atoms with van der Waals surface area (Å²) >= 11 is 0. The molecule has 28 heavy (non-hydrogen) atoms. The molecule has 2 unspecified atom stereocenters. The Balaban J connectivity index is 1.90. The maximum absolute atomic E-state index is 12.8. The van der Waals surface area contributed by atoms with Crippen molar-refractivity contribution in [2.45, 2.75) is 24.9 Å². The van der Waals surface area contributed by atoms with Crippen LogP contribution in [0.15, 0.2) is 48.2 Å². The van der Waals surface area contributed by atoms with Crippen LogP contribution < -0.4 is 5.32 Å². The van der Waals surface area contributed by atoms with Crippen molar-refractivity contribution < 1.29 is 28.7 Å². The summed E-state index contributed by atoms with van der Waals surface area (Å²) in [5, 5.41) is 2.99. The number of benzene rings is 1. The summed E-state index contributed by atoms with van der Waals surface area (Å²) in [7, 11) is 2.39. The summed E-state index contributed by atoms with van der Waals surface area (Å²) < 4.78 is 9.63. The van der Waals surface area contributed by atoms with Gasteiger partial charge in [0, 0.05) is 12.1 Å². The number of amides is 2. The summed E-state index contributed by atoms with van der Waals surface area (Å²) in [6, 6.07) is 4.09. The molecular formula is C20H20N2O6.